The molecule has 0 saturated carbocycles. The Bertz CT molecular complexity index is 1900. The summed E-state index contributed by atoms with van der Waals surface area (Å²) in [6.07, 6.45) is -6.88. The topological polar surface area (TPSA) is 152 Å². The number of anilines is 1. The van der Waals surface area contributed by atoms with Crippen molar-refractivity contribution in [1.29, 1.82) is 0 Å². The van der Waals surface area contributed by atoms with Gasteiger partial charge in [0, 0.05) is 17.7 Å². The van der Waals surface area contributed by atoms with Crippen LogP contribution >= 0.6 is 0 Å². The Kier molecular flexibility index (Phi) is 7.53. The molecular weight excluding hydrogens is 631 g/mol. The van der Waals surface area contributed by atoms with Crippen LogP contribution in [0.1, 0.15) is 67.8 Å². The number of aliphatic hydroxyl groups excluding tert-OH is 1. The molecule has 4 bridgehead atoms. The van der Waals surface area contributed by atoms with Gasteiger partial charge in [-0.05, 0) is 35.1 Å². The average molecular weight is 666 g/mol. The van der Waals surface area contributed by atoms with Crippen molar-refractivity contribution in [1.82, 2.24) is 20.6 Å². The summed E-state index contributed by atoms with van der Waals surface area (Å²) in [4.78, 5) is 35.9. The quantitative estimate of drug-likeness (QED) is 0.228. The highest BCUT2D eigenvalue weighted by Gasteiger charge is 2.61. The monoisotopic (exact) mass is 665 g/mol. The molecule has 2 aromatic heterocycles. The Labute approximate surface area is 273 Å². The number of carbonyl (C=O) groups excluding carboxylic acids is 2. The number of nitrogens with zero attached hydrogens (tertiary/aromatic N) is 2. The molecule has 7 rings (SSSR count). The van der Waals surface area contributed by atoms with Gasteiger partial charge in [-0.1, -0.05) is 58.0 Å². The van der Waals surface area contributed by atoms with E-state index in [0.717, 1.165) is 17.5 Å². The SMILES string of the molecule is CC(C)[C@H](O)C(=O)N[C@H]1Cc2ccc3c(c2)C2(c4ccccc4N[C@@H]2O3)c2oc(nc2-c2nc(CC(F)(F)F)co2)[C@H](C(C)C)NC1=O. The Balaban J connectivity index is 1.46. The van der Waals surface area contributed by atoms with Crippen molar-refractivity contribution in [2.45, 2.75) is 76.5 Å². The number of halogens is 3. The number of hydrogen-bond acceptors (Lipinski definition) is 9. The number of hydrogen-bond donors (Lipinski definition) is 4. The molecule has 14 heteroatoms. The molecule has 2 aromatic carbocycles. The molecule has 48 heavy (non-hydrogen) atoms. The number of fused-ring (bicyclic) bond motifs is 4. The fraction of sp³-hybridized carbons (Fsp3) is 0.412. The van der Waals surface area contributed by atoms with Crippen LogP contribution in [0.3, 0.4) is 0 Å². The molecule has 4 aromatic rings. The minimum absolute atomic E-state index is 0.0628. The van der Waals surface area contributed by atoms with Crippen LogP contribution in [-0.2, 0) is 27.8 Å². The van der Waals surface area contributed by atoms with Crippen molar-refractivity contribution in [3.05, 3.63) is 82.8 Å². The number of amides is 2. The van der Waals surface area contributed by atoms with Crippen molar-refractivity contribution in [3.63, 3.8) is 0 Å². The number of aliphatic hydroxyl groups is 1. The number of carbonyl (C=O) groups is 2. The zero-order chi connectivity index (χ0) is 34.1. The van der Waals surface area contributed by atoms with Gasteiger partial charge in [-0.2, -0.15) is 13.2 Å². The van der Waals surface area contributed by atoms with Gasteiger partial charge in [0.25, 0.3) is 0 Å². The normalized spacial score (nSPS) is 23.4. The Morgan fingerprint density at radius 2 is 1.88 bits per heavy atom. The summed E-state index contributed by atoms with van der Waals surface area (Å²) in [5.74, 6) is -1.29. The van der Waals surface area contributed by atoms with Crippen molar-refractivity contribution >= 4 is 17.5 Å². The summed E-state index contributed by atoms with van der Waals surface area (Å²) in [5, 5.41) is 19.6. The predicted octanol–water partition coefficient (Wildman–Crippen LogP) is 4.78. The van der Waals surface area contributed by atoms with E-state index in [1.807, 2.05) is 44.2 Å². The third-order valence-electron chi connectivity index (χ3n) is 9.09. The fourth-order valence-corrected chi connectivity index (χ4v) is 6.71. The van der Waals surface area contributed by atoms with E-state index in [1.54, 1.807) is 26.0 Å². The van der Waals surface area contributed by atoms with Crippen molar-refractivity contribution < 1.29 is 41.4 Å². The standard InChI is InChI=1S/C34H34F3N5O6/c1-15(2)24-31-42-25(30-38-18(14-46-30)13-33(35,36)37)27(48-31)34-19-7-5-6-8-21(19)40-32(34)47-23-10-9-17(11-20(23)34)12-22(28(44)41-24)39-29(45)26(43)16(3)4/h5-11,14-16,22,24,26,32,40,43H,12-13H2,1-4H3,(H,39,45)(H,41,44)/t22-,24-,26-,32+,34?/m0/s1. The minimum Gasteiger partial charge on any atom is -0.469 e. The number of nitrogens with one attached hydrogen (secondary N) is 3. The van der Waals surface area contributed by atoms with Gasteiger partial charge in [0.05, 0.1) is 12.1 Å². The van der Waals surface area contributed by atoms with Gasteiger partial charge in [0.2, 0.25) is 23.6 Å². The summed E-state index contributed by atoms with van der Waals surface area (Å²) >= 11 is 0. The summed E-state index contributed by atoms with van der Waals surface area (Å²) in [6.45, 7) is 7.08. The summed E-state index contributed by atoms with van der Waals surface area (Å²) in [7, 11) is 0. The van der Waals surface area contributed by atoms with E-state index in [1.165, 1.54) is 0 Å². The number of aromatic nitrogens is 2. The van der Waals surface area contributed by atoms with Crippen LogP contribution in [0.5, 0.6) is 5.75 Å². The van der Waals surface area contributed by atoms with Crippen LogP contribution in [0.2, 0.25) is 0 Å². The van der Waals surface area contributed by atoms with Gasteiger partial charge in [-0.15, -0.1) is 0 Å². The highest BCUT2D eigenvalue weighted by molar-refractivity contribution is 5.90. The molecule has 5 atom stereocenters. The van der Waals surface area contributed by atoms with Crippen molar-refractivity contribution in [2.75, 3.05) is 5.32 Å². The number of rotatable bonds is 6. The largest absolute Gasteiger partial charge is 0.469 e. The maximum Gasteiger partial charge on any atom is 0.394 e. The van der Waals surface area contributed by atoms with Gasteiger partial charge in [-0.25, -0.2) is 9.97 Å². The van der Waals surface area contributed by atoms with Crippen molar-refractivity contribution in [3.8, 4) is 17.3 Å². The number of para-hydroxylation sites is 1. The van der Waals surface area contributed by atoms with E-state index in [9.17, 15) is 27.9 Å². The van der Waals surface area contributed by atoms with Crippen LogP contribution in [0.4, 0.5) is 18.9 Å². The van der Waals surface area contributed by atoms with E-state index in [-0.39, 0.29) is 47.2 Å². The zero-order valence-electron chi connectivity index (χ0n) is 26.5. The van der Waals surface area contributed by atoms with Crippen LogP contribution in [-0.4, -0.2) is 51.4 Å². The first-order chi connectivity index (χ1) is 22.8. The molecule has 0 saturated heterocycles. The van der Waals surface area contributed by atoms with E-state index in [4.69, 9.17) is 18.6 Å². The molecule has 0 fully saturated rings. The first kappa shape index (κ1) is 31.7. The zero-order valence-corrected chi connectivity index (χ0v) is 26.5. The number of benzene rings is 2. The number of oxazole rings is 2. The molecule has 11 nitrogen and oxygen atoms in total. The molecule has 3 aliphatic rings. The molecule has 252 valence electrons. The Morgan fingerprint density at radius 3 is 2.60 bits per heavy atom. The second-order valence-electron chi connectivity index (χ2n) is 13.2. The lowest BCUT2D eigenvalue weighted by Gasteiger charge is -2.29. The van der Waals surface area contributed by atoms with Crippen LogP contribution in [0.25, 0.3) is 11.6 Å². The predicted molar refractivity (Wildman–Crippen MR) is 165 cm³/mol. The minimum atomic E-state index is -4.52. The fourth-order valence-electron chi connectivity index (χ4n) is 6.71. The number of alkyl halides is 3. The summed E-state index contributed by atoms with van der Waals surface area (Å²) in [6, 6.07) is 11.0. The lowest BCUT2D eigenvalue weighted by atomic mass is 9.72. The van der Waals surface area contributed by atoms with E-state index >= 15 is 0 Å². The molecule has 3 aliphatic heterocycles. The lowest BCUT2D eigenvalue weighted by molar-refractivity contribution is -0.136. The highest BCUT2D eigenvalue weighted by atomic mass is 19.4. The first-order valence-electron chi connectivity index (χ1n) is 15.7. The van der Waals surface area contributed by atoms with Gasteiger partial charge < -0.3 is 34.6 Å². The molecule has 4 N–H and O–H groups in total. The second-order valence-corrected chi connectivity index (χ2v) is 13.2. The third-order valence-corrected chi connectivity index (χ3v) is 9.09. The van der Waals surface area contributed by atoms with Gasteiger partial charge >= 0.3 is 6.18 Å². The lowest BCUT2D eigenvalue weighted by Crippen LogP contribution is -2.52. The average Bonchev–Trinajstić information content (AvgIpc) is 3.78. The van der Waals surface area contributed by atoms with E-state index < -0.39 is 54.2 Å². The third kappa shape index (κ3) is 5.18. The Hall–Kier alpha value is -4.85. The van der Waals surface area contributed by atoms with Crippen LogP contribution < -0.4 is 20.7 Å². The Morgan fingerprint density at radius 1 is 1.10 bits per heavy atom. The summed E-state index contributed by atoms with van der Waals surface area (Å²) in [5.41, 5.74) is 1.37. The number of ether oxygens (including phenoxy) is 1. The molecule has 0 radical (unpaired) electrons. The maximum absolute atomic E-state index is 13.9. The second kappa shape index (κ2) is 11.4. The van der Waals surface area contributed by atoms with Gasteiger partial charge in [0.1, 0.15) is 35.6 Å². The van der Waals surface area contributed by atoms with Crippen LogP contribution in [0.15, 0.2) is 57.6 Å². The first-order valence-corrected chi connectivity index (χ1v) is 15.7. The van der Waals surface area contributed by atoms with Crippen LogP contribution in [0, 0.1) is 11.8 Å². The molecule has 5 heterocycles. The molecule has 2 amide bonds. The molecular formula is C34H34F3N5O6. The molecule has 1 unspecified atom stereocenters. The van der Waals surface area contributed by atoms with E-state index in [0.29, 0.717) is 16.9 Å². The molecule has 1 spiro atoms. The maximum atomic E-state index is 13.9. The van der Waals surface area contributed by atoms with Gasteiger partial charge in [-0.3, -0.25) is 9.59 Å². The van der Waals surface area contributed by atoms with Crippen molar-refractivity contribution in [2.24, 2.45) is 11.8 Å². The summed E-state index contributed by atoms with van der Waals surface area (Å²) < 4.78 is 58.7. The van der Waals surface area contributed by atoms with E-state index in [2.05, 4.69) is 20.9 Å². The van der Waals surface area contributed by atoms with Gasteiger partial charge in [0.15, 0.2) is 17.7 Å². The molecule has 0 aliphatic carbocycles. The highest BCUT2D eigenvalue weighted by Crippen LogP contribution is 2.59. The smallest absolute Gasteiger partial charge is 0.394 e.